The number of hydrogen-bond acceptors (Lipinski definition) is 2. The zero-order valence-electron chi connectivity index (χ0n) is 33.9. The standard InChI is InChI=1S/C50H55BN2/c1-47(2,3)33-20-24-37(25-21-33)52-42-26-22-34(48(4,5)6)28-39(42)51-40-29-35(49(7,8)9)23-27-43(40)53(41-19-15-17-32-16-13-14-18-38(32)41)45-31-36(50(10,11)12)30-44(52)46(45)51/h13-31H,1-12H3. The van der Waals surface area contributed by atoms with E-state index in [0.29, 0.717) is 0 Å². The highest BCUT2D eigenvalue weighted by atomic mass is 15.2. The summed E-state index contributed by atoms with van der Waals surface area (Å²) >= 11 is 0. The van der Waals surface area contributed by atoms with Crippen molar-refractivity contribution in [1.29, 1.82) is 0 Å². The maximum atomic E-state index is 2.59. The molecule has 268 valence electrons. The van der Waals surface area contributed by atoms with Crippen molar-refractivity contribution in [3.8, 4) is 0 Å². The second-order valence-corrected chi connectivity index (χ2v) is 19.6. The molecule has 0 fully saturated rings. The third-order valence-corrected chi connectivity index (χ3v) is 11.7. The molecule has 0 N–H and O–H groups in total. The highest BCUT2D eigenvalue weighted by Gasteiger charge is 2.45. The molecule has 0 saturated heterocycles. The van der Waals surface area contributed by atoms with Crippen molar-refractivity contribution in [2.24, 2.45) is 0 Å². The SMILES string of the molecule is CC(C)(C)c1ccc(N2c3ccc(C(C)(C)C)cc3B3c4cc(C(C)(C)C)ccc4N(c4cccc5ccccc45)c4cc(C(C)(C)C)cc2c43)cc1. The van der Waals surface area contributed by atoms with Gasteiger partial charge >= 0.3 is 0 Å². The van der Waals surface area contributed by atoms with Gasteiger partial charge in [-0.25, -0.2) is 0 Å². The van der Waals surface area contributed by atoms with Crippen molar-refractivity contribution in [2.45, 2.75) is 105 Å². The largest absolute Gasteiger partial charge is 0.311 e. The highest BCUT2D eigenvalue weighted by Crippen LogP contribution is 2.48. The first-order valence-electron chi connectivity index (χ1n) is 19.5. The molecule has 6 aromatic carbocycles. The van der Waals surface area contributed by atoms with E-state index < -0.39 is 0 Å². The first kappa shape index (κ1) is 35.3. The molecule has 53 heavy (non-hydrogen) atoms. The van der Waals surface area contributed by atoms with Crippen molar-refractivity contribution in [3.05, 3.63) is 138 Å². The lowest BCUT2D eigenvalue weighted by molar-refractivity contribution is 0.589. The van der Waals surface area contributed by atoms with Crippen LogP contribution in [0.4, 0.5) is 34.1 Å². The molecule has 3 heteroatoms. The minimum Gasteiger partial charge on any atom is -0.311 e. The van der Waals surface area contributed by atoms with Crippen LogP contribution in [-0.4, -0.2) is 6.71 Å². The Labute approximate surface area is 319 Å². The van der Waals surface area contributed by atoms with Gasteiger partial charge in [-0.05, 0) is 108 Å². The van der Waals surface area contributed by atoms with Gasteiger partial charge in [-0.2, -0.15) is 0 Å². The minimum absolute atomic E-state index is 0.00406. The van der Waals surface area contributed by atoms with E-state index in [4.69, 9.17) is 0 Å². The predicted octanol–water partition coefficient (Wildman–Crippen LogP) is 12.1. The van der Waals surface area contributed by atoms with E-state index in [9.17, 15) is 0 Å². The lowest BCUT2D eigenvalue weighted by atomic mass is 9.33. The Hall–Kier alpha value is -4.76. The van der Waals surface area contributed by atoms with Gasteiger partial charge in [0, 0.05) is 33.8 Å². The van der Waals surface area contributed by atoms with Crippen molar-refractivity contribution in [2.75, 3.05) is 9.80 Å². The molecule has 8 rings (SSSR count). The van der Waals surface area contributed by atoms with Gasteiger partial charge in [0.1, 0.15) is 0 Å². The molecule has 0 atom stereocenters. The highest BCUT2D eigenvalue weighted by molar-refractivity contribution is 7.00. The zero-order chi connectivity index (χ0) is 37.8. The molecule has 0 aliphatic carbocycles. The summed E-state index contributed by atoms with van der Waals surface area (Å²) in [5.41, 5.74) is 17.0. The van der Waals surface area contributed by atoms with Crippen LogP contribution in [0.25, 0.3) is 10.8 Å². The molecule has 6 aromatic rings. The van der Waals surface area contributed by atoms with E-state index in [1.54, 1.807) is 0 Å². The molecule has 0 bridgehead atoms. The van der Waals surface area contributed by atoms with E-state index in [1.807, 2.05) is 0 Å². The summed E-state index contributed by atoms with van der Waals surface area (Å²) in [6, 6.07) is 44.6. The second kappa shape index (κ2) is 11.9. The smallest absolute Gasteiger partial charge is 0.252 e. The van der Waals surface area contributed by atoms with Gasteiger partial charge in [0.2, 0.25) is 0 Å². The van der Waals surface area contributed by atoms with Gasteiger partial charge in [-0.1, -0.05) is 156 Å². The average Bonchev–Trinajstić information content (AvgIpc) is 3.09. The first-order chi connectivity index (χ1) is 24.8. The Morgan fingerprint density at radius 3 is 1.40 bits per heavy atom. The summed E-state index contributed by atoms with van der Waals surface area (Å²) in [6.07, 6.45) is 0. The van der Waals surface area contributed by atoms with Gasteiger partial charge in [-0.3, -0.25) is 0 Å². The number of fused-ring (bicyclic) bond motifs is 5. The molecule has 0 saturated carbocycles. The van der Waals surface area contributed by atoms with Crippen LogP contribution in [0.5, 0.6) is 0 Å². The van der Waals surface area contributed by atoms with Crippen LogP contribution in [-0.2, 0) is 21.7 Å². The van der Waals surface area contributed by atoms with Crippen molar-refractivity contribution >= 4 is 68.0 Å². The maximum Gasteiger partial charge on any atom is 0.252 e. The van der Waals surface area contributed by atoms with Crippen LogP contribution in [0, 0.1) is 0 Å². The van der Waals surface area contributed by atoms with Gasteiger partial charge in [0.15, 0.2) is 0 Å². The molecule has 2 nitrogen and oxygen atoms in total. The van der Waals surface area contributed by atoms with Crippen molar-refractivity contribution in [3.63, 3.8) is 0 Å². The quantitative estimate of drug-likeness (QED) is 0.166. The Morgan fingerprint density at radius 2 is 0.849 bits per heavy atom. The summed E-state index contributed by atoms with van der Waals surface area (Å²) in [4.78, 5) is 5.16. The molecule has 0 aromatic heterocycles. The molecule has 0 unspecified atom stereocenters. The maximum absolute atomic E-state index is 2.59. The normalized spacial score (nSPS) is 14.3. The topological polar surface area (TPSA) is 6.48 Å². The number of benzene rings is 6. The molecule has 2 aliphatic rings. The van der Waals surface area contributed by atoms with E-state index in [0.717, 1.165) is 0 Å². The van der Waals surface area contributed by atoms with Crippen LogP contribution >= 0.6 is 0 Å². The summed E-state index contributed by atoms with van der Waals surface area (Å²) in [6.45, 7) is 28.0. The number of nitrogens with zero attached hydrogens (tertiary/aromatic N) is 2. The van der Waals surface area contributed by atoms with Gasteiger partial charge in [0.05, 0.1) is 5.69 Å². The van der Waals surface area contributed by atoms with E-state index in [1.165, 1.54) is 83.5 Å². The number of hydrogen-bond donors (Lipinski definition) is 0. The lowest BCUT2D eigenvalue weighted by Crippen LogP contribution is -2.61. The first-order valence-corrected chi connectivity index (χ1v) is 19.5. The van der Waals surface area contributed by atoms with E-state index >= 15 is 0 Å². The fraction of sp³-hybridized carbons (Fsp3) is 0.320. The molecular formula is C50H55BN2. The van der Waals surface area contributed by atoms with Crippen LogP contribution in [0.1, 0.15) is 105 Å². The summed E-state index contributed by atoms with van der Waals surface area (Å²) in [5, 5.41) is 2.51. The fourth-order valence-electron chi connectivity index (χ4n) is 8.42. The monoisotopic (exact) mass is 694 g/mol. The van der Waals surface area contributed by atoms with E-state index in [-0.39, 0.29) is 28.4 Å². The summed E-state index contributed by atoms with van der Waals surface area (Å²) in [5.74, 6) is 0. The number of anilines is 6. The molecular weight excluding hydrogens is 639 g/mol. The zero-order valence-corrected chi connectivity index (χ0v) is 33.9. The Balaban J connectivity index is 1.53. The lowest BCUT2D eigenvalue weighted by Gasteiger charge is -2.46. The van der Waals surface area contributed by atoms with Crippen LogP contribution in [0.15, 0.2) is 115 Å². The summed E-state index contributed by atoms with van der Waals surface area (Å²) in [7, 11) is 0. The molecule has 2 aliphatic heterocycles. The van der Waals surface area contributed by atoms with Gasteiger partial charge in [0.25, 0.3) is 6.71 Å². The third-order valence-electron chi connectivity index (χ3n) is 11.7. The molecule has 0 radical (unpaired) electrons. The third kappa shape index (κ3) is 5.88. The van der Waals surface area contributed by atoms with Crippen molar-refractivity contribution < 1.29 is 0 Å². The van der Waals surface area contributed by atoms with Crippen molar-refractivity contribution in [1.82, 2.24) is 0 Å². The average molecular weight is 695 g/mol. The van der Waals surface area contributed by atoms with Crippen LogP contribution in [0.2, 0.25) is 0 Å². The minimum atomic E-state index is -0.0695. The number of rotatable bonds is 2. The fourth-order valence-corrected chi connectivity index (χ4v) is 8.42. The second-order valence-electron chi connectivity index (χ2n) is 19.6. The van der Waals surface area contributed by atoms with Gasteiger partial charge in [-0.15, -0.1) is 0 Å². The summed E-state index contributed by atoms with van der Waals surface area (Å²) < 4.78 is 0. The Morgan fingerprint density at radius 1 is 0.377 bits per heavy atom. The Bertz CT molecular complexity index is 2380. The molecule has 0 amide bonds. The van der Waals surface area contributed by atoms with E-state index in [2.05, 4.69) is 208 Å². The predicted molar refractivity (Wildman–Crippen MR) is 233 cm³/mol. The van der Waals surface area contributed by atoms with Gasteiger partial charge < -0.3 is 9.80 Å². The van der Waals surface area contributed by atoms with Crippen LogP contribution in [0.3, 0.4) is 0 Å². The Kier molecular flexibility index (Phi) is 7.90. The molecule has 2 heterocycles. The van der Waals surface area contributed by atoms with Crippen LogP contribution < -0.4 is 26.2 Å². The molecule has 0 spiro atoms.